The van der Waals surface area contributed by atoms with Crippen LogP contribution in [-0.2, 0) is 4.74 Å². The molecule has 1 aliphatic heterocycles. The van der Waals surface area contributed by atoms with Gasteiger partial charge in [0.05, 0.1) is 18.9 Å². The van der Waals surface area contributed by atoms with Crippen LogP contribution in [-0.4, -0.2) is 60.8 Å². The zero-order chi connectivity index (χ0) is 17.3. The van der Waals surface area contributed by atoms with Crippen LogP contribution in [0.5, 0.6) is 0 Å². The molecule has 0 spiro atoms. The Morgan fingerprint density at radius 3 is 2.60 bits per heavy atom. The number of hydrogen-bond acceptors (Lipinski definition) is 6. The molecule has 0 radical (unpaired) electrons. The van der Waals surface area contributed by atoms with Crippen LogP contribution < -0.4 is 10.6 Å². The summed E-state index contributed by atoms with van der Waals surface area (Å²) in [6.45, 7) is 8.49. The number of hydrogen-bond donors (Lipinski definition) is 2. The SMILES string of the molecule is CCCNc1cc(-c2ccccc2)nc(NCCN2CCOCC2)n1. The number of nitrogens with zero attached hydrogens (tertiary/aromatic N) is 3. The van der Waals surface area contributed by atoms with Crippen molar-refractivity contribution in [2.45, 2.75) is 13.3 Å². The van der Waals surface area contributed by atoms with Gasteiger partial charge in [-0.25, -0.2) is 4.98 Å². The van der Waals surface area contributed by atoms with Gasteiger partial charge in [0.15, 0.2) is 0 Å². The molecule has 2 heterocycles. The molecule has 1 aromatic heterocycles. The lowest BCUT2D eigenvalue weighted by Crippen LogP contribution is -2.39. The van der Waals surface area contributed by atoms with E-state index in [2.05, 4.69) is 44.6 Å². The smallest absolute Gasteiger partial charge is 0.225 e. The molecule has 1 aliphatic rings. The van der Waals surface area contributed by atoms with Crippen LogP contribution >= 0.6 is 0 Å². The molecular formula is C19H27N5O. The molecule has 25 heavy (non-hydrogen) atoms. The molecule has 1 aromatic carbocycles. The van der Waals surface area contributed by atoms with E-state index in [1.165, 1.54) is 0 Å². The van der Waals surface area contributed by atoms with Gasteiger partial charge in [-0.15, -0.1) is 0 Å². The van der Waals surface area contributed by atoms with Crippen molar-refractivity contribution in [3.05, 3.63) is 36.4 Å². The van der Waals surface area contributed by atoms with Crippen molar-refractivity contribution < 1.29 is 4.74 Å². The highest BCUT2D eigenvalue weighted by Gasteiger charge is 2.10. The maximum absolute atomic E-state index is 5.39. The number of aromatic nitrogens is 2. The van der Waals surface area contributed by atoms with Crippen molar-refractivity contribution in [2.75, 3.05) is 56.6 Å². The zero-order valence-electron chi connectivity index (χ0n) is 14.9. The van der Waals surface area contributed by atoms with Crippen molar-refractivity contribution in [3.8, 4) is 11.3 Å². The lowest BCUT2D eigenvalue weighted by Gasteiger charge is -2.26. The molecule has 0 amide bonds. The quantitative estimate of drug-likeness (QED) is 0.770. The van der Waals surface area contributed by atoms with Crippen molar-refractivity contribution in [3.63, 3.8) is 0 Å². The van der Waals surface area contributed by atoms with E-state index in [-0.39, 0.29) is 0 Å². The fraction of sp³-hybridized carbons (Fsp3) is 0.474. The van der Waals surface area contributed by atoms with Crippen molar-refractivity contribution in [2.24, 2.45) is 0 Å². The van der Waals surface area contributed by atoms with Crippen LogP contribution in [0.2, 0.25) is 0 Å². The van der Waals surface area contributed by atoms with E-state index < -0.39 is 0 Å². The molecule has 0 saturated carbocycles. The highest BCUT2D eigenvalue weighted by Crippen LogP contribution is 2.21. The molecule has 0 aliphatic carbocycles. The fourth-order valence-corrected chi connectivity index (χ4v) is 2.78. The molecular weight excluding hydrogens is 314 g/mol. The average molecular weight is 341 g/mol. The molecule has 3 rings (SSSR count). The summed E-state index contributed by atoms with van der Waals surface area (Å²) in [5.74, 6) is 1.54. The number of benzene rings is 1. The molecule has 2 aromatic rings. The molecule has 134 valence electrons. The van der Waals surface area contributed by atoms with Crippen LogP contribution in [0.4, 0.5) is 11.8 Å². The number of anilines is 2. The van der Waals surface area contributed by atoms with Crippen LogP contribution in [0, 0.1) is 0 Å². The Kier molecular flexibility index (Phi) is 6.59. The van der Waals surface area contributed by atoms with E-state index in [9.17, 15) is 0 Å². The van der Waals surface area contributed by atoms with Gasteiger partial charge in [0.1, 0.15) is 5.82 Å². The highest BCUT2D eigenvalue weighted by atomic mass is 16.5. The van der Waals surface area contributed by atoms with E-state index in [4.69, 9.17) is 4.74 Å². The van der Waals surface area contributed by atoms with Gasteiger partial charge < -0.3 is 15.4 Å². The second-order valence-corrected chi connectivity index (χ2v) is 6.14. The monoisotopic (exact) mass is 341 g/mol. The summed E-state index contributed by atoms with van der Waals surface area (Å²) in [6.07, 6.45) is 1.06. The standard InChI is InChI=1S/C19H27N5O/c1-2-8-20-18-15-17(16-6-4-3-5-7-16)22-19(23-18)21-9-10-24-11-13-25-14-12-24/h3-7,15H,2,8-14H2,1H3,(H2,20,21,22,23). The highest BCUT2D eigenvalue weighted by molar-refractivity contribution is 5.64. The van der Waals surface area contributed by atoms with Crippen LogP contribution in [0.1, 0.15) is 13.3 Å². The van der Waals surface area contributed by atoms with Gasteiger partial charge in [-0.3, -0.25) is 4.90 Å². The van der Waals surface area contributed by atoms with Crippen LogP contribution in [0.3, 0.4) is 0 Å². The van der Waals surface area contributed by atoms with E-state index in [1.807, 2.05) is 24.3 Å². The van der Waals surface area contributed by atoms with Gasteiger partial charge in [-0.05, 0) is 6.42 Å². The molecule has 2 N–H and O–H groups in total. The number of nitrogens with one attached hydrogen (secondary N) is 2. The minimum absolute atomic E-state index is 0.674. The van der Waals surface area contributed by atoms with E-state index in [1.54, 1.807) is 0 Å². The third kappa shape index (κ3) is 5.41. The Balaban J connectivity index is 1.68. The van der Waals surface area contributed by atoms with Crippen molar-refractivity contribution >= 4 is 11.8 Å². The third-order valence-electron chi connectivity index (χ3n) is 4.17. The normalized spacial score (nSPS) is 15.1. The first-order valence-electron chi connectivity index (χ1n) is 9.07. The second-order valence-electron chi connectivity index (χ2n) is 6.14. The number of ether oxygens (including phenoxy) is 1. The molecule has 0 unspecified atom stereocenters. The number of morpholine rings is 1. The predicted molar refractivity (Wildman–Crippen MR) is 102 cm³/mol. The van der Waals surface area contributed by atoms with Gasteiger partial charge in [0, 0.05) is 44.4 Å². The summed E-state index contributed by atoms with van der Waals surface area (Å²) in [5, 5.41) is 6.74. The largest absolute Gasteiger partial charge is 0.379 e. The van der Waals surface area contributed by atoms with Crippen LogP contribution in [0.25, 0.3) is 11.3 Å². The van der Waals surface area contributed by atoms with Gasteiger partial charge in [-0.1, -0.05) is 37.3 Å². The summed E-state index contributed by atoms with van der Waals surface area (Å²) in [4.78, 5) is 11.7. The Labute approximate surface area is 149 Å². The summed E-state index contributed by atoms with van der Waals surface area (Å²) < 4.78 is 5.39. The first-order valence-corrected chi connectivity index (χ1v) is 9.07. The van der Waals surface area contributed by atoms with Gasteiger partial charge >= 0.3 is 0 Å². The molecule has 0 atom stereocenters. The van der Waals surface area contributed by atoms with Crippen molar-refractivity contribution in [1.82, 2.24) is 14.9 Å². The average Bonchev–Trinajstić information content (AvgIpc) is 2.68. The van der Waals surface area contributed by atoms with Crippen molar-refractivity contribution in [1.29, 1.82) is 0 Å². The van der Waals surface area contributed by atoms with E-state index >= 15 is 0 Å². The third-order valence-corrected chi connectivity index (χ3v) is 4.17. The van der Waals surface area contributed by atoms with Crippen LogP contribution in [0.15, 0.2) is 36.4 Å². The second kappa shape index (κ2) is 9.34. The molecule has 6 nitrogen and oxygen atoms in total. The summed E-state index contributed by atoms with van der Waals surface area (Å²) >= 11 is 0. The van der Waals surface area contributed by atoms with Gasteiger partial charge in [0.2, 0.25) is 5.95 Å². The zero-order valence-corrected chi connectivity index (χ0v) is 14.9. The van der Waals surface area contributed by atoms with E-state index in [0.29, 0.717) is 5.95 Å². The molecule has 1 saturated heterocycles. The summed E-state index contributed by atoms with van der Waals surface area (Å²) in [6, 6.07) is 12.2. The minimum Gasteiger partial charge on any atom is -0.379 e. The number of rotatable bonds is 8. The lowest BCUT2D eigenvalue weighted by atomic mass is 10.1. The van der Waals surface area contributed by atoms with E-state index in [0.717, 1.165) is 69.4 Å². The van der Waals surface area contributed by atoms with Gasteiger partial charge in [0.25, 0.3) is 0 Å². The Morgan fingerprint density at radius 2 is 1.84 bits per heavy atom. The minimum atomic E-state index is 0.674. The first kappa shape index (κ1) is 17.6. The predicted octanol–water partition coefficient (Wildman–Crippen LogP) is 2.71. The summed E-state index contributed by atoms with van der Waals surface area (Å²) in [5.41, 5.74) is 2.03. The Hall–Kier alpha value is -2.18. The maximum atomic E-state index is 5.39. The topological polar surface area (TPSA) is 62.3 Å². The molecule has 6 heteroatoms. The molecule has 1 fully saturated rings. The lowest BCUT2D eigenvalue weighted by molar-refractivity contribution is 0.0398. The summed E-state index contributed by atoms with van der Waals surface area (Å²) in [7, 11) is 0. The molecule has 0 bridgehead atoms. The fourth-order valence-electron chi connectivity index (χ4n) is 2.78. The maximum Gasteiger partial charge on any atom is 0.225 e. The Bertz CT molecular complexity index is 644. The Morgan fingerprint density at radius 1 is 1.04 bits per heavy atom. The van der Waals surface area contributed by atoms with Gasteiger partial charge in [-0.2, -0.15) is 4.98 Å². The first-order chi connectivity index (χ1) is 12.3.